The summed E-state index contributed by atoms with van der Waals surface area (Å²) in [7, 11) is -3.81. The SMILES string of the molecule is COc1cc(CP(=O)(OCC(F)(F)F)OCC(F)(F)F)ccc1Nc1ncc(C(F)(F)F)c(Cl)n1. The normalized spacial score (nSPS) is 13.1. The minimum atomic E-state index is -4.99. The standard InChI is InChI=1S/C17H14ClF9N3O4P/c1-32-12-4-9(6-35(31,33-7-15(19,20)21)34-8-16(22,23)24)2-3-11(12)29-14-28-5-10(13(18)30-14)17(25,26)27/h2-5H,6-8H2,1H3,(H,28,29,30). The molecule has 0 aliphatic heterocycles. The number of hydrogen-bond donors (Lipinski definition) is 1. The van der Waals surface area contributed by atoms with Crippen LogP contribution in [0.4, 0.5) is 51.1 Å². The van der Waals surface area contributed by atoms with Crippen molar-refractivity contribution < 1.29 is 57.9 Å². The molecule has 0 atom stereocenters. The molecule has 18 heteroatoms. The minimum Gasteiger partial charge on any atom is -0.495 e. The molecule has 1 heterocycles. The smallest absolute Gasteiger partial charge is 0.420 e. The molecule has 2 aromatic rings. The fourth-order valence-electron chi connectivity index (χ4n) is 2.36. The van der Waals surface area contributed by atoms with Crippen molar-refractivity contribution in [1.82, 2.24) is 9.97 Å². The molecular formula is C17H14ClF9N3O4P. The monoisotopic (exact) mass is 561 g/mol. The number of methoxy groups -OCH3 is 1. The lowest BCUT2D eigenvalue weighted by Gasteiger charge is -2.21. The fourth-order valence-corrected chi connectivity index (χ4v) is 4.19. The third-order valence-electron chi connectivity index (χ3n) is 3.79. The van der Waals surface area contributed by atoms with Gasteiger partial charge >= 0.3 is 26.1 Å². The van der Waals surface area contributed by atoms with E-state index in [2.05, 4.69) is 24.3 Å². The number of hydrogen-bond acceptors (Lipinski definition) is 7. The lowest BCUT2D eigenvalue weighted by atomic mass is 10.2. The number of aromatic nitrogens is 2. The lowest BCUT2D eigenvalue weighted by molar-refractivity contribution is -0.165. The molecule has 0 amide bonds. The number of alkyl halides is 9. The van der Waals surface area contributed by atoms with Gasteiger partial charge in [0, 0.05) is 6.20 Å². The van der Waals surface area contributed by atoms with Crippen molar-refractivity contribution in [3.63, 3.8) is 0 Å². The van der Waals surface area contributed by atoms with Crippen LogP contribution in [0.25, 0.3) is 0 Å². The molecule has 2 rings (SSSR count). The van der Waals surface area contributed by atoms with Crippen LogP contribution in [0.1, 0.15) is 11.1 Å². The molecule has 0 saturated carbocycles. The Hall–Kier alpha value is -2.29. The van der Waals surface area contributed by atoms with Gasteiger partial charge < -0.3 is 10.1 Å². The van der Waals surface area contributed by atoms with Crippen molar-refractivity contribution in [2.75, 3.05) is 25.6 Å². The predicted octanol–water partition coefficient (Wildman–Crippen LogP) is 6.75. The van der Waals surface area contributed by atoms with Crippen molar-refractivity contribution in [3.8, 4) is 5.75 Å². The van der Waals surface area contributed by atoms with Gasteiger partial charge in [-0.25, -0.2) is 9.97 Å². The highest BCUT2D eigenvalue weighted by atomic mass is 35.5. The minimum absolute atomic E-state index is 0.0225. The summed E-state index contributed by atoms with van der Waals surface area (Å²) in [5, 5.41) is 1.59. The van der Waals surface area contributed by atoms with Crippen LogP contribution in [0.2, 0.25) is 5.15 Å². The molecule has 1 N–H and O–H groups in total. The highest BCUT2D eigenvalue weighted by molar-refractivity contribution is 7.53. The molecule has 7 nitrogen and oxygen atoms in total. The molecule has 196 valence electrons. The van der Waals surface area contributed by atoms with Crippen molar-refractivity contribution in [2.45, 2.75) is 24.7 Å². The van der Waals surface area contributed by atoms with E-state index >= 15 is 0 Å². The molecular weight excluding hydrogens is 548 g/mol. The largest absolute Gasteiger partial charge is 0.495 e. The van der Waals surface area contributed by atoms with Crippen molar-refractivity contribution in [2.24, 2.45) is 0 Å². The first-order valence-corrected chi connectivity index (χ1v) is 11.1. The van der Waals surface area contributed by atoms with Crippen LogP contribution in [0, 0.1) is 0 Å². The Labute approximate surface area is 196 Å². The molecule has 0 aliphatic carbocycles. The van der Waals surface area contributed by atoms with Crippen LogP contribution in [-0.2, 0) is 26.0 Å². The summed E-state index contributed by atoms with van der Waals surface area (Å²) in [5.41, 5.74) is -1.37. The summed E-state index contributed by atoms with van der Waals surface area (Å²) in [4.78, 5) is 6.93. The summed E-state index contributed by atoms with van der Waals surface area (Å²) < 4.78 is 139. The number of ether oxygens (including phenoxy) is 1. The highest BCUT2D eigenvalue weighted by Crippen LogP contribution is 2.53. The van der Waals surface area contributed by atoms with Gasteiger partial charge in [-0.3, -0.25) is 13.6 Å². The lowest BCUT2D eigenvalue weighted by Crippen LogP contribution is -2.20. The van der Waals surface area contributed by atoms with E-state index in [1.807, 2.05) is 0 Å². The molecule has 1 aromatic heterocycles. The zero-order chi connectivity index (χ0) is 26.7. The zero-order valence-electron chi connectivity index (χ0n) is 17.2. The quantitative estimate of drug-likeness (QED) is 0.206. The van der Waals surface area contributed by atoms with Gasteiger partial charge in [0.15, 0.2) is 13.2 Å². The second-order valence-electron chi connectivity index (χ2n) is 6.60. The summed E-state index contributed by atoms with van der Waals surface area (Å²) in [6, 6.07) is 3.37. The van der Waals surface area contributed by atoms with Crippen LogP contribution in [0.15, 0.2) is 24.4 Å². The molecule has 1 aromatic carbocycles. The van der Waals surface area contributed by atoms with Crippen molar-refractivity contribution in [1.29, 1.82) is 0 Å². The van der Waals surface area contributed by atoms with Crippen LogP contribution in [0.5, 0.6) is 5.75 Å². The Morgan fingerprint density at radius 3 is 2.03 bits per heavy atom. The molecule has 0 radical (unpaired) electrons. The number of nitrogens with zero attached hydrogens (tertiary/aromatic N) is 2. The van der Waals surface area contributed by atoms with Crippen LogP contribution in [0.3, 0.4) is 0 Å². The van der Waals surface area contributed by atoms with Crippen molar-refractivity contribution >= 4 is 30.8 Å². The average Bonchev–Trinajstić information content (AvgIpc) is 2.70. The van der Waals surface area contributed by atoms with E-state index in [0.717, 1.165) is 19.2 Å². The van der Waals surface area contributed by atoms with Gasteiger partial charge in [0.1, 0.15) is 16.5 Å². The Bertz CT molecular complexity index is 1060. The van der Waals surface area contributed by atoms with E-state index < -0.39 is 56.2 Å². The number of halogens is 10. The average molecular weight is 562 g/mol. The number of rotatable bonds is 9. The molecule has 0 aliphatic rings. The molecule has 0 spiro atoms. The molecule has 35 heavy (non-hydrogen) atoms. The van der Waals surface area contributed by atoms with Gasteiger partial charge in [0.05, 0.1) is 19.0 Å². The van der Waals surface area contributed by atoms with Gasteiger partial charge in [0.2, 0.25) is 5.95 Å². The van der Waals surface area contributed by atoms with E-state index in [1.165, 1.54) is 6.07 Å². The fraction of sp³-hybridized carbons (Fsp3) is 0.412. The number of nitrogens with one attached hydrogen (secondary N) is 1. The van der Waals surface area contributed by atoms with Gasteiger partial charge in [-0.1, -0.05) is 17.7 Å². The van der Waals surface area contributed by atoms with E-state index in [1.54, 1.807) is 0 Å². The second kappa shape index (κ2) is 10.8. The number of benzene rings is 1. The number of anilines is 2. The van der Waals surface area contributed by atoms with Gasteiger partial charge in [-0.05, 0) is 17.7 Å². The molecule has 0 unspecified atom stereocenters. The highest BCUT2D eigenvalue weighted by Gasteiger charge is 2.39. The maximum atomic E-state index is 12.8. The van der Waals surface area contributed by atoms with E-state index in [9.17, 15) is 44.1 Å². The topological polar surface area (TPSA) is 82.6 Å². The summed E-state index contributed by atoms with van der Waals surface area (Å²) in [6.07, 6.45) is -15.4. The summed E-state index contributed by atoms with van der Waals surface area (Å²) in [6.45, 7) is -4.24. The van der Waals surface area contributed by atoms with Crippen LogP contribution in [-0.4, -0.2) is 42.6 Å². The Balaban J connectivity index is 2.27. The molecule has 0 saturated heterocycles. The van der Waals surface area contributed by atoms with Crippen LogP contribution >= 0.6 is 19.2 Å². The second-order valence-corrected chi connectivity index (χ2v) is 9.01. The van der Waals surface area contributed by atoms with Crippen LogP contribution < -0.4 is 10.1 Å². The molecule has 0 fully saturated rings. The third-order valence-corrected chi connectivity index (χ3v) is 5.87. The van der Waals surface area contributed by atoms with Gasteiger partial charge in [-0.15, -0.1) is 0 Å². The van der Waals surface area contributed by atoms with Gasteiger partial charge in [0.25, 0.3) is 0 Å². The predicted molar refractivity (Wildman–Crippen MR) is 104 cm³/mol. The van der Waals surface area contributed by atoms with E-state index in [-0.39, 0.29) is 22.9 Å². The molecule has 0 bridgehead atoms. The first-order valence-electron chi connectivity index (χ1n) is 8.96. The summed E-state index contributed by atoms with van der Waals surface area (Å²) >= 11 is 5.51. The zero-order valence-corrected chi connectivity index (χ0v) is 18.8. The summed E-state index contributed by atoms with van der Waals surface area (Å²) in [5.74, 6) is -0.498. The maximum Gasteiger partial charge on any atom is 0.420 e. The maximum absolute atomic E-state index is 12.8. The van der Waals surface area contributed by atoms with Gasteiger partial charge in [-0.2, -0.15) is 39.5 Å². The Morgan fingerprint density at radius 1 is 1.00 bits per heavy atom. The Kier molecular flexibility index (Phi) is 8.90. The first-order chi connectivity index (χ1) is 15.9. The van der Waals surface area contributed by atoms with E-state index in [0.29, 0.717) is 6.20 Å². The Morgan fingerprint density at radius 2 is 1.57 bits per heavy atom. The van der Waals surface area contributed by atoms with Crippen molar-refractivity contribution in [3.05, 3.63) is 40.7 Å². The first kappa shape index (κ1) is 28.9. The van der Waals surface area contributed by atoms with E-state index in [4.69, 9.17) is 16.3 Å². The third kappa shape index (κ3) is 9.35.